The zero-order valence-electron chi connectivity index (χ0n) is 13.7. The van der Waals surface area contributed by atoms with Gasteiger partial charge in [-0.05, 0) is 24.5 Å². The van der Waals surface area contributed by atoms with Crippen LogP contribution >= 0.6 is 0 Å². The summed E-state index contributed by atoms with van der Waals surface area (Å²) in [6.45, 7) is 3.88. The zero-order chi connectivity index (χ0) is 16.6. The van der Waals surface area contributed by atoms with E-state index >= 15 is 0 Å². The number of hydrogen-bond acceptors (Lipinski definition) is 4. The van der Waals surface area contributed by atoms with Gasteiger partial charge in [0.05, 0.1) is 12.2 Å². The van der Waals surface area contributed by atoms with E-state index in [2.05, 4.69) is 10.6 Å². The topological polar surface area (TPSA) is 70.7 Å². The van der Waals surface area contributed by atoms with Gasteiger partial charge >= 0.3 is 0 Å². The highest BCUT2D eigenvalue weighted by molar-refractivity contribution is 6.00. The van der Waals surface area contributed by atoms with Crippen LogP contribution in [0.4, 0.5) is 0 Å². The van der Waals surface area contributed by atoms with E-state index in [-0.39, 0.29) is 17.4 Å². The Morgan fingerprint density at radius 2 is 2.04 bits per heavy atom. The normalized spacial score (nSPS) is 25.9. The van der Waals surface area contributed by atoms with E-state index in [0.717, 1.165) is 38.1 Å². The first kappa shape index (κ1) is 15.6. The molecule has 0 saturated carbocycles. The van der Waals surface area contributed by atoms with Gasteiger partial charge in [-0.1, -0.05) is 18.2 Å². The molecule has 1 unspecified atom stereocenters. The van der Waals surface area contributed by atoms with Crippen molar-refractivity contribution in [2.45, 2.75) is 30.9 Å². The second-order valence-electron chi connectivity index (χ2n) is 6.92. The van der Waals surface area contributed by atoms with Crippen molar-refractivity contribution in [3.05, 3.63) is 35.4 Å². The summed E-state index contributed by atoms with van der Waals surface area (Å²) < 4.78 is 5.97. The summed E-state index contributed by atoms with van der Waals surface area (Å²) in [5, 5.41) is 6.25. The maximum absolute atomic E-state index is 12.8. The first-order valence-electron chi connectivity index (χ1n) is 8.69. The van der Waals surface area contributed by atoms with Gasteiger partial charge in [0.1, 0.15) is 6.04 Å². The molecular weight excluding hydrogens is 306 g/mol. The Balaban J connectivity index is 1.41. The third-order valence-electron chi connectivity index (χ3n) is 5.41. The molecule has 1 aromatic carbocycles. The summed E-state index contributed by atoms with van der Waals surface area (Å²) in [5.74, 6) is -0.125. The number of nitrogens with zero attached hydrogens (tertiary/aromatic N) is 1. The van der Waals surface area contributed by atoms with Crippen LogP contribution in [0, 0.1) is 0 Å². The summed E-state index contributed by atoms with van der Waals surface area (Å²) in [4.78, 5) is 26.9. The fourth-order valence-corrected chi connectivity index (χ4v) is 3.96. The molecule has 3 aliphatic rings. The number of morpholine rings is 1. The van der Waals surface area contributed by atoms with E-state index in [1.54, 1.807) is 0 Å². The number of likely N-dealkylation sites (tertiary alicyclic amines) is 1. The molecule has 0 aliphatic carbocycles. The number of benzene rings is 1. The summed E-state index contributed by atoms with van der Waals surface area (Å²) in [6.07, 6.45) is 2.27. The lowest BCUT2D eigenvalue weighted by atomic mass is 9.89. The number of fused-ring (bicyclic) bond motifs is 1. The van der Waals surface area contributed by atoms with Gasteiger partial charge in [0, 0.05) is 38.2 Å². The molecule has 2 fully saturated rings. The Labute approximate surface area is 141 Å². The van der Waals surface area contributed by atoms with Crippen molar-refractivity contribution < 1.29 is 14.3 Å². The number of hydrogen-bond donors (Lipinski definition) is 2. The highest BCUT2D eigenvalue weighted by Crippen LogP contribution is 2.28. The number of rotatable bonds is 1. The monoisotopic (exact) mass is 329 g/mol. The lowest BCUT2D eigenvalue weighted by molar-refractivity contribution is -0.142. The molecule has 0 bridgehead atoms. The van der Waals surface area contributed by atoms with Gasteiger partial charge in [-0.15, -0.1) is 0 Å². The van der Waals surface area contributed by atoms with E-state index in [1.807, 2.05) is 29.2 Å². The molecule has 2 saturated heterocycles. The maximum Gasteiger partial charge on any atom is 0.252 e. The Hall–Kier alpha value is -1.92. The summed E-state index contributed by atoms with van der Waals surface area (Å²) in [6, 6.07) is 7.05. The van der Waals surface area contributed by atoms with Gasteiger partial charge in [-0.3, -0.25) is 9.59 Å². The van der Waals surface area contributed by atoms with Gasteiger partial charge in [0.2, 0.25) is 5.91 Å². The molecule has 0 aromatic heterocycles. The maximum atomic E-state index is 12.8. The van der Waals surface area contributed by atoms with Crippen LogP contribution in [0.1, 0.15) is 28.8 Å². The lowest BCUT2D eigenvalue weighted by Gasteiger charge is -2.44. The van der Waals surface area contributed by atoms with Gasteiger partial charge in [-0.2, -0.15) is 0 Å². The summed E-state index contributed by atoms with van der Waals surface area (Å²) in [5.41, 5.74) is 1.52. The van der Waals surface area contributed by atoms with E-state index < -0.39 is 6.04 Å². The van der Waals surface area contributed by atoms with Crippen LogP contribution in [0.25, 0.3) is 0 Å². The fourth-order valence-electron chi connectivity index (χ4n) is 3.96. The predicted octanol–water partition coefficient (Wildman–Crippen LogP) is 0.322. The number of amides is 2. The van der Waals surface area contributed by atoms with Gasteiger partial charge in [0.15, 0.2) is 0 Å². The standard InChI is InChI=1S/C18H23N3O3/c22-16-14-4-2-1-3-13(14)11-15(20-16)17(23)21-8-5-18(6-9-21)12-19-7-10-24-18/h1-4,15,19H,5-12H2,(H,20,22). The SMILES string of the molecule is O=C1NC(C(=O)N2CCC3(CC2)CNCCO3)Cc2ccccc21. The van der Waals surface area contributed by atoms with Crippen LogP contribution in [-0.4, -0.2) is 61.1 Å². The van der Waals surface area contributed by atoms with Crippen LogP contribution in [0.3, 0.4) is 0 Å². The number of piperidine rings is 1. The Bertz CT molecular complexity index is 645. The smallest absolute Gasteiger partial charge is 0.252 e. The van der Waals surface area contributed by atoms with Crippen LogP contribution in [-0.2, 0) is 16.0 Å². The number of nitrogens with one attached hydrogen (secondary N) is 2. The second kappa shape index (κ2) is 6.18. The highest BCUT2D eigenvalue weighted by Gasteiger charge is 2.40. The Kier molecular flexibility index (Phi) is 4.02. The third-order valence-corrected chi connectivity index (χ3v) is 5.41. The van der Waals surface area contributed by atoms with E-state index in [9.17, 15) is 9.59 Å². The van der Waals surface area contributed by atoms with Crippen molar-refractivity contribution in [1.82, 2.24) is 15.5 Å². The third kappa shape index (κ3) is 2.80. The quantitative estimate of drug-likeness (QED) is 0.779. The first-order chi connectivity index (χ1) is 11.7. The molecule has 1 spiro atoms. The molecule has 1 aromatic rings. The molecule has 3 heterocycles. The zero-order valence-corrected chi connectivity index (χ0v) is 13.7. The molecule has 1 atom stereocenters. The molecule has 6 nitrogen and oxygen atoms in total. The molecule has 2 N–H and O–H groups in total. The van der Waals surface area contributed by atoms with Crippen molar-refractivity contribution in [1.29, 1.82) is 0 Å². The Morgan fingerprint density at radius 3 is 2.79 bits per heavy atom. The molecule has 2 amide bonds. The largest absolute Gasteiger partial charge is 0.372 e. The molecule has 6 heteroatoms. The minimum absolute atomic E-state index is 0.0245. The predicted molar refractivity (Wildman–Crippen MR) is 88.8 cm³/mol. The molecule has 24 heavy (non-hydrogen) atoms. The van der Waals surface area contributed by atoms with Crippen LogP contribution < -0.4 is 10.6 Å². The summed E-state index contributed by atoms with van der Waals surface area (Å²) >= 11 is 0. The molecule has 0 radical (unpaired) electrons. The molecular formula is C18H23N3O3. The highest BCUT2D eigenvalue weighted by atomic mass is 16.5. The van der Waals surface area contributed by atoms with Crippen molar-refractivity contribution in [2.24, 2.45) is 0 Å². The van der Waals surface area contributed by atoms with Crippen LogP contribution in [0.5, 0.6) is 0 Å². The minimum atomic E-state index is -0.452. The number of ether oxygens (including phenoxy) is 1. The number of carbonyl (C=O) groups excluding carboxylic acids is 2. The van der Waals surface area contributed by atoms with Gasteiger partial charge in [-0.25, -0.2) is 0 Å². The van der Waals surface area contributed by atoms with Crippen molar-refractivity contribution in [2.75, 3.05) is 32.8 Å². The van der Waals surface area contributed by atoms with Crippen molar-refractivity contribution >= 4 is 11.8 Å². The average molecular weight is 329 g/mol. The van der Waals surface area contributed by atoms with E-state index in [1.165, 1.54) is 0 Å². The van der Waals surface area contributed by atoms with E-state index in [0.29, 0.717) is 25.1 Å². The first-order valence-corrected chi connectivity index (χ1v) is 8.69. The summed E-state index contributed by atoms with van der Waals surface area (Å²) in [7, 11) is 0. The van der Waals surface area contributed by atoms with Crippen LogP contribution in [0.15, 0.2) is 24.3 Å². The average Bonchev–Trinajstić information content (AvgIpc) is 2.62. The Morgan fingerprint density at radius 1 is 1.25 bits per heavy atom. The van der Waals surface area contributed by atoms with Crippen LogP contribution in [0.2, 0.25) is 0 Å². The minimum Gasteiger partial charge on any atom is -0.372 e. The second-order valence-corrected chi connectivity index (χ2v) is 6.92. The van der Waals surface area contributed by atoms with Gasteiger partial charge < -0.3 is 20.3 Å². The van der Waals surface area contributed by atoms with Gasteiger partial charge in [0.25, 0.3) is 5.91 Å². The fraction of sp³-hybridized carbons (Fsp3) is 0.556. The molecule has 128 valence electrons. The lowest BCUT2D eigenvalue weighted by Crippen LogP contribution is -2.59. The van der Waals surface area contributed by atoms with Crippen molar-refractivity contribution in [3.63, 3.8) is 0 Å². The number of carbonyl (C=O) groups is 2. The molecule has 3 aliphatic heterocycles. The van der Waals surface area contributed by atoms with E-state index in [4.69, 9.17) is 4.74 Å². The van der Waals surface area contributed by atoms with Crippen molar-refractivity contribution in [3.8, 4) is 0 Å². The molecule has 4 rings (SSSR count).